The van der Waals surface area contributed by atoms with Crippen molar-refractivity contribution in [3.8, 4) is 5.75 Å². The monoisotopic (exact) mass is 381 g/mol. The average molecular weight is 382 g/mol. The molecule has 0 bridgehead atoms. The van der Waals surface area contributed by atoms with E-state index in [9.17, 15) is 4.79 Å². The molecule has 28 heavy (non-hydrogen) atoms. The standard InChI is InChI=1S/C23H31N3O2/c1-2-14-28-19-10-8-17(9-11-19)15-26-13-12-21-20(16-26)23(27)25-22(24-21)18-6-4-3-5-7-18/h8-11,18H,2-7,12-16H2,1H3,(H,24,25,27). The van der Waals surface area contributed by atoms with Crippen LogP contribution in [0.5, 0.6) is 5.75 Å². The first-order valence-corrected chi connectivity index (χ1v) is 10.8. The fourth-order valence-electron chi connectivity index (χ4n) is 4.37. The lowest BCUT2D eigenvalue weighted by atomic mass is 9.88. The minimum Gasteiger partial charge on any atom is -0.494 e. The van der Waals surface area contributed by atoms with Crippen molar-refractivity contribution in [1.29, 1.82) is 0 Å². The van der Waals surface area contributed by atoms with Crippen LogP contribution in [0, 0.1) is 0 Å². The van der Waals surface area contributed by atoms with Crippen LogP contribution in [0.25, 0.3) is 0 Å². The zero-order valence-electron chi connectivity index (χ0n) is 16.9. The summed E-state index contributed by atoms with van der Waals surface area (Å²) < 4.78 is 5.66. The third-order valence-corrected chi connectivity index (χ3v) is 5.96. The van der Waals surface area contributed by atoms with Crippen LogP contribution < -0.4 is 10.3 Å². The Hall–Kier alpha value is -2.14. The molecule has 1 aromatic carbocycles. The highest BCUT2D eigenvalue weighted by Gasteiger charge is 2.24. The van der Waals surface area contributed by atoms with Crippen LogP contribution >= 0.6 is 0 Å². The molecule has 1 saturated carbocycles. The smallest absolute Gasteiger partial charge is 0.255 e. The lowest BCUT2D eigenvalue weighted by molar-refractivity contribution is 0.241. The van der Waals surface area contributed by atoms with Gasteiger partial charge in [-0.15, -0.1) is 0 Å². The van der Waals surface area contributed by atoms with Gasteiger partial charge in [0.2, 0.25) is 0 Å². The van der Waals surface area contributed by atoms with E-state index in [0.717, 1.165) is 68.2 Å². The summed E-state index contributed by atoms with van der Waals surface area (Å²) in [5, 5.41) is 0. The van der Waals surface area contributed by atoms with E-state index in [1.165, 1.54) is 24.8 Å². The Morgan fingerprint density at radius 3 is 2.71 bits per heavy atom. The molecular formula is C23H31N3O2. The van der Waals surface area contributed by atoms with Gasteiger partial charge in [0.05, 0.1) is 17.9 Å². The number of hydrogen-bond donors (Lipinski definition) is 1. The SMILES string of the molecule is CCCOc1ccc(CN2CCc3nc(C4CCCCC4)[nH]c(=O)c3C2)cc1. The Morgan fingerprint density at radius 2 is 1.96 bits per heavy atom. The summed E-state index contributed by atoms with van der Waals surface area (Å²) in [6.45, 7) is 5.33. The van der Waals surface area contributed by atoms with Crippen LogP contribution in [0.3, 0.4) is 0 Å². The number of rotatable bonds is 6. The number of aromatic amines is 1. The highest BCUT2D eigenvalue weighted by atomic mass is 16.5. The number of nitrogens with zero attached hydrogens (tertiary/aromatic N) is 2. The van der Waals surface area contributed by atoms with Crippen LogP contribution in [0.15, 0.2) is 29.1 Å². The summed E-state index contributed by atoms with van der Waals surface area (Å²) >= 11 is 0. The fourth-order valence-corrected chi connectivity index (χ4v) is 4.37. The molecule has 1 N–H and O–H groups in total. The van der Waals surface area contributed by atoms with Gasteiger partial charge in [-0.25, -0.2) is 4.98 Å². The number of fused-ring (bicyclic) bond motifs is 1. The normalized spacial score (nSPS) is 18.0. The van der Waals surface area contributed by atoms with Crippen molar-refractivity contribution in [3.05, 3.63) is 57.3 Å². The Labute approximate surface area is 167 Å². The maximum absolute atomic E-state index is 12.7. The number of ether oxygens (including phenoxy) is 1. The molecule has 4 rings (SSSR count). The number of hydrogen-bond acceptors (Lipinski definition) is 4. The van der Waals surface area contributed by atoms with Gasteiger partial charge in [0.25, 0.3) is 5.56 Å². The zero-order valence-corrected chi connectivity index (χ0v) is 16.9. The van der Waals surface area contributed by atoms with Crippen molar-refractivity contribution in [2.45, 2.75) is 70.9 Å². The van der Waals surface area contributed by atoms with E-state index in [2.05, 4.69) is 28.9 Å². The van der Waals surface area contributed by atoms with E-state index in [4.69, 9.17) is 9.72 Å². The highest BCUT2D eigenvalue weighted by Crippen LogP contribution is 2.30. The molecule has 5 nitrogen and oxygen atoms in total. The minimum atomic E-state index is 0.0681. The highest BCUT2D eigenvalue weighted by molar-refractivity contribution is 5.28. The molecule has 0 radical (unpaired) electrons. The molecule has 2 aliphatic rings. The molecule has 0 unspecified atom stereocenters. The summed E-state index contributed by atoms with van der Waals surface area (Å²) in [7, 11) is 0. The van der Waals surface area contributed by atoms with Gasteiger partial charge in [-0.05, 0) is 37.0 Å². The third kappa shape index (κ3) is 4.46. The van der Waals surface area contributed by atoms with Crippen molar-refractivity contribution in [3.63, 3.8) is 0 Å². The third-order valence-electron chi connectivity index (χ3n) is 5.96. The molecule has 0 saturated heterocycles. The fraction of sp³-hybridized carbons (Fsp3) is 0.565. The molecule has 2 aromatic rings. The van der Waals surface area contributed by atoms with E-state index >= 15 is 0 Å². The number of H-pyrrole nitrogens is 1. The molecule has 1 aromatic heterocycles. The van der Waals surface area contributed by atoms with Gasteiger partial charge in [-0.2, -0.15) is 0 Å². The second-order valence-electron chi connectivity index (χ2n) is 8.16. The predicted molar refractivity (Wildman–Crippen MR) is 111 cm³/mol. The second kappa shape index (κ2) is 8.91. The number of benzene rings is 1. The van der Waals surface area contributed by atoms with E-state index < -0.39 is 0 Å². The van der Waals surface area contributed by atoms with Crippen LogP contribution in [0.1, 0.15) is 74.0 Å². The molecule has 1 fully saturated rings. The molecule has 1 aliphatic heterocycles. The lowest BCUT2D eigenvalue weighted by Crippen LogP contribution is -2.36. The molecule has 0 amide bonds. The van der Waals surface area contributed by atoms with Crippen LogP contribution in [-0.2, 0) is 19.5 Å². The van der Waals surface area contributed by atoms with Crippen molar-refractivity contribution in [1.82, 2.24) is 14.9 Å². The minimum absolute atomic E-state index is 0.0681. The maximum Gasteiger partial charge on any atom is 0.255 e. The largest absolute Gasteiger partial charge is 0.494 e. The van der Waals surface area contributed by atoms with E-state index in [1.807, 2.05) is 12.1 Å². The van der Waals surface area contributed by atoms with E-state index in [1.54, 1.807) is 0 Å². The van der Waals surface area contributed by atoms with Crippen LogP contribution in [0.2, 0.25) is 0 Å². The van der Waals surface area contributed by atoms with Gasteiger partial charge < -0.3 is 9.72 Å². The van der Waals surface area contributed by atoms with Crippen molar-refractivity contribution >= 4 is 0 Å². The van der Waals surface area contributed by atoms with E-state index in [-0.39, 0.29) is 5.56 Å². The van der Waals surface area contributed by atoms with Crippen LogP contribution in [-0.4, -0.2) is 28.0 Å². The Bertz CT molecular complexity index is 838. The summed E-state index contributed by atoms with van der Waals surface area (Å²) in [5.74, 6) is 2.29. The van der Waals surface area contributed by atoms with Gasteiger partial charge in [-0.1, -0.05) is 38.3 Å². The van der Waals surface area contributed by atoms with Gasteiger partial charge in [0.1, 0.15) is 11.6 Å². The van der Waals surface area contributed by atoms with Crippen molar-refractivity contribution in [2.24, 2.45) is 0 Å². The van der Waals surface area contributed by atoms with Crippen molar-refractivity contribution < 1.29 is 4.74 Å². The molecule has 0 spiro atoms. The van der Waals surface area contributed by atoms with Crippen LogP contribution in [0.4, 0.5) is 0 Å². The summed E-state index contributed by atoms with van der Waals surface area (Å²) in [6.07, 6.45) is 8.00. The van der Waals surface area contributed by atoms with Gasteiger partial charge in [-0.3, -0.25) is 9.69 Å². The first-order chi connectivity index (χ1) is 13.7. The predicted octanol–water partition coefficient (Wildman–Crippen LogP) is 4.16. The summed E-state index contributed by atoms with van der Waals surface area (Å²) in [6, 6.07) is 8.31. The van der Waals surface area contributed by atoms with Gasteiger partial charge >= 0.3 is 0 Å². The topological polar surface area (TPSA) is 58.2 Å². The first-order valence-electron chi connectivity index (χ1n) is 10.8. The second-order valence-corrected chi connectivity index (χ2v) is 8.16. The van der Waals surface area contributed by atoms with Crippen molar-refractivity contribution in [2.75, 3.05) is 13.2 Å². The Morgan fingerprint density at radius 1 is 1.18 bits per heavy atom. The number of aromatic nitrogens is 2. The lowest BCUT2D eigenvalue weighted by Gasteiger charge is -2.29. The quantitative estimate of drug-likeness (QED) is 0.816. The van der Waals surface area contributed by atoms with Gasteiger partial charge in [0.15, 0.2) is 0 Å². The molecule has 0 atom stereocenters. The summed E-state index contributed by atoms with van der Waals surface area (Å²) in [4.78, 5) is 23.1. The Kier molecular flexibility index (Phi) is 6.10. The zero-order chi connectivity index (χ0) is 19.3. The number of nitrogens with one attached hydrogen (secondary N) is 1. The maximum atomic E-state index is 12.7. The first kappa shape index (κ1) is 19.2. The Balaban J connectivity index is 1.42. The summed E-state index contributed by atoms with van der Waals surface area (Å²) in [5.41, 5.74) is 3.19. The van der Waals surface area contributed by atoms with Gasteiger partial charge in [0, 0.05) is 32.0 Å². The average Bonchev–Trinajstić information content (AvgIpc) is 2.74. The molecule has 2 heterocycles. The molecule has 5 heteroatoms. The molecular weight excluding hydrogens is 350 g/mol. The van der Waals surface area contributed by atoms with E-state index in [0.29, 0.717) is 12.5 Å². The molecule has 1 aliphatic carbocycles. The molecule has 150 valence electrons.